The van der Waals surface area contributed by atoms with Gasteiger partial charge in [0.2, 0.25) is 8.32 Å². The standard InChI is InChI=1S/C25H34O3Si/c1-19(26)20-7-9-21(10-8-20)25(15-17-27-18-16-25)22-11-13-23(14-12-22)28-29(5,6)24(2,3)4/h7-14H,15-18H2,1-6H3. The summed E-state index contributed by atoms with van der Waals surface area (Å²) in [6.45, 7) is 14.4. The lowest BCUT2D eigenvalue weighted by Crippen LogP contribution is -2.43. The van der Waals surface area contributed by atoms with E-state index in [-0.39, 0.29) is 16.2 Å². The van der Waals surface area contributed by atoms with E-state index in [1.807, 2.05) is 12.1 Å². The van der Waals surface area contributed by atoms with Crippen LogP contribution in [0.25, 0.3) is 0 Å². The minimum atomic E-state index is -1.85. The fourth-order valence-corrected chi connectivity index (χ4v) is 4.81. The second-order valence-corrected chi connectivity index (χ2v) is 14.4. The molecule has 0 radical (unpaired) electrons. The third-order valence-corrected chi connectivity index (χ3v) is 11.1. The van der Waals surface area contributed by atoms with Gasteiger partial charge in [-0.15, -0.1) is 0 Å². The van der Waals surface area contributed by atoms with Crippen molar-refractivity contribution in [3.8, 4) is 5.75 Å². The zero-order valence-corrected chi connectivity index (χ0v) is 19.7. The predicted molar refractivity (Wildman–Crippen MR) is 122 cm³/mol. The Labute approximate surface area is 176 Å². The van der Waals surface area contributed by atoms with Crippen molar-refractivity contribution in [1.29, 1.82) is 0 Å². The first-order valence-corrected chi connectivity index (χ1v) is 13.4. The smallest absolute Gasteiger partial charge is 0.250 e. The highest BCUT2D eigenvalue weighted by atomic mass is 28.4. The van der Waals surface area contributed by atoms with Gasteiger partial charge in [-0.3, -0.25) is 4.79 Å². The molecule has 0 saturated carbocycles. The molecule has 0 aliphatic carbocycles. The summed E-state index contributed by atoms with van der Waals surface area (Å²) in [7, 11) is -1.85. The second kappa shape index (κ2) is 8.08. The topological polar surface area (TPSA) is 35.5 Å². The van der Waals surface area contributed by atoms with Crippen molar-refractivity contribution >= 4 is 14.1 Å². The Kier molecular flexibility index (Phi) is 6.07. The molecule has 4 heteroatoms. The molecule has 2 aromatic rings. The number of hydrogen-bond acceptors (Lipinski definition) is 3. The average molecular weight is 411 g/mol. The number of hydrogen-bond donors (Lipinski definition) is 0. The quantitative estimate of drug-likeness (QED) is 0.424. The van der Waals surface area contributed by atoms with E-state index in [0.717, 1.165) is 37.4 Å². The van der Waals surface area contributed by atoms with Crippen LogP contribution in [0.3, 0.4) is 0 Å². The number of carbonyl (C=O) groups excluding carboxylic acids is 1. The lowest BCUT2D eigenvalue weighted by molar-refractivity contribution is 0.0631. The van der Waals surface area contributed by atoms with Gasteiger partial charge in [0.1, 0.15) is 5.75 Å². The van der Waals surface area contributed by atoms with Crippen LogP contribution in [0.4, 0.5) is 0 Å². The molecule has 0 amide bonds. The lowest BCUT2D eigenvalue weighted by atomic mass is 9.69. The number of rotatable bonds is 5. The lowest BCUT2D eigenvalue weighted by Gasteiger charge is -2.39. The summed E-state index contributed by atoms with van der Waals surface area (Å²) in [5.41, 5.74) is 3.22. The monoisotopic (exact) mass is 410 g/mol. The molecule has 0 aromatic heterocycles. The Balaban J connectivity index is 1.93. The first-order chi connectivity index (χ1) is 13.6. The molecule has 0 unspecified atom stereocenters. The number of ether oxygens (including phenoxy) is 1. The zero-order chi connectivity index (χ0) is 21.3. The van der Waals surface area contributed by atoms with Crippen LogP contribution in [0.15, 0.2) is 48.5 Å². The number of ketones is 1. The van der Waals surface area contributed by atoms with Crippen LogP contribution in [-0.4, -0.2) is 27.3 Å². The summed E-state index contributed by atoms with van der Waals surface area (Å²) < 4.78 is 12.1. The first-order valence-electron chi connectivity index (χ1n) is 10.5. The van der Waals surface area contributed by atoms with Crippen molar-refractivity contribution in [2.45, 2.75) is 64.1 Å². The Morgan fingerprint density at radius 3 is 1.86 bits per heavy atom. The van der Waals surface area contributed by atoms with Gasteiger partial charge in [0.25, 0.3) is 0 Å². The fraction of sp³-hybridized carbons (Fsp3) is 0.480. The molecule has 1 saturated heterocycles. The van der Waals surface area contributed by atoms with Crippen molar-refractivity contribution < 1.29 is 14.0 Å². The molecule has 3 nitrogen and oxygen atoms in total. The van der Waals surface area contributed by atoms with E-state index in [0.29, 0.717) is 0 Å². The first kappa shape index (κ1) is 21.8. The van der Waals surface area contributed by atoms with Gasteiger partial charge in [0, 0.05) is 24.2 Å². The van der Waals surface area contributed by atoms with Crippen LogP contribution in [0.5, 0.6) is 5.75 Å². The summed E-state index contributed by atoms with van der Waals surface area (Å²) in [5.74, 6) is 1.05. The highest BCUT2D eigenvalue weighted by Gasteiger charge is 2.39. The van der Waals surface area contributed by atoms with Crippen LogP contribution in [-0.2, 0) is 10.2 Å². The van der Waals surface area contributed by atoms with Gasteiger partial charge in [0.05, 0.1) is 0 Å². The highest BCUT2D eigenvalue weighted by molar-refractivity contribution is 6.74. The number of benzene rings is 2. The van der Waals surface area contributed by atoms with Crippen LogP contribution in [0.1, 0.15) is 62.0 Å². The molecule has 0 spiro atoms. The predicted octanol–water partition coefficient (Wildman–Crippen LogP) is 6.37. The minimum absolute atomic E-state index is 0.0803. The van der Waals surface area contributed by atoms with E-state index in [1.165, 1.54) is 11.1 Å². The third-order valence-electron chi connectivity index (χ3n) is 6.78. The van der Waals surface area contributed by atoms with E-state index in [1.54, 1.807) is 6.92 Å². The molecule has 0 N–H and O–H groups in total. The summed E-state index contributed by atoms with van der Waals surface area (Å²) in [5, 5.41) is 0.173. The Hall–Kier alpha value is -1.91. The van der Waals surface area contributed by atoms with Gasteiger partial charge in [-0.05, 0) is 61.2 Å². The third kappa shape index (κ3) is 4.49. The van der Waals surface area contributed by atoms with Crippen LogP contribution >= 0.6 is 0 Å². The summed E-state index contributed by atoms with van der Waals surface area (Å²) in [6, 6.07) is 16.8. The SMILES string of the molecule is CC(=O)c1ccc(C2(c3ccc(O[Si](C)(C)C(C)(C)C)cc3)CCOCC2)cc1. The molecular weight excluding hydrogens is 376 g/mol. The second-order valence-electron chi connectivity index (χ2n) is 9.71. The maximum absolute atomic E-state index is 11.7. The Bertz CT molecular complexity index is 839. The molecule has 1 aliphatic rings. The van der Waals surface area contributed by atoms with Crippen LogP contribution < -0.4 is 4.43 Å². The summed E-state index contributed by atoms with van der Waals surface area (Å²) in [6.07, 6.45) is 1.88. The van der Waals surface area contributed by atoms with Gasteiger partial charge in [-0.25, -0.2) is 0 Å². The van der Waals surface area contributed by atoms with Crippen LogP contribution in [0.2, 0.25) is 18.1 Å². The van der Waals surface area contributed by atoms with Crippen molar-refractivity contribution in [1.82, 2.24) is 0 Å². The molecule has 0 bridgehead atoms. The molecule has 0 atom stereocenters. The van der Waals surface area contributed by atoms with Crippen molar-refractivity contribution in [2.75, 3.05) is 13.2 Å². The molecule has 3 rings (SSSR count). The molecular formula is C25H34O3Si. The average Bonchev–Trinajstić information content (AvgIpc) is 2.68. The Morgan fingerprint density at radius 2 is 1.41 bits per heavy atom. The summed E-state index contributed by atoms with van der Waals surface area (Å²) in [4.78, 5) is 11.7. The normalized spacial score (nSPS) is 17.0. The molecule has 1 fully saturated rings. The van der Waals surface area contributed by atoms with E-state index in [4.69, 9.17) is 9.16 Å². The molecule has 1 heterocycles. The Morgan fingerprint density at radius 1 is 0.931 bits per heavy atom. The molecule has 1 aliphatic heterocycles. The molecule has 2 aromatic carbocycles. The molecule has 156 valence electrons. The highest BCUT2D eigenvalue weighted by Crippen LogP contribution is 2.42. The summed E-state index contributed by atoms with van der Waals surface area (Å²) >= 11 is 0. The fourth-order valence-electron chi connectivity index (χ4n) is 3.78. The zero-order valence-electron chi connectivity index (χ0n) is 18.7. The van der Waals surface area contributed by atoms with Crippen molar-refractivity contribution in [2.24, 2.45) is 0 Å². The molecule has 29 heavy (non-hydrogen) atoms. The van der Waals surface area contributed by atoms with Gasteiger partial charge in [-0.2, -0.15) is 0 Å². The van der Waals surface area contributed by atoms with Gasteiger partial charge in [-0.1, -0.05) is 57.2 Å². The van der Waals surface area contributed by atoms with E-state index < -0.39 is 8.32 Å². The largest absolute Gasteiger partial charge is 0.544 e. The van der Waals surface area contributed by atoms with E-state index >= 15 is 0 Å². The van der Waals surface area contributed by atoms with Gasteiger partial charge >= 0.3 is 0 Å². The number of Topliss-reactive ketones (excluding diaryl/α,β-unsaturated/α-hetero) is 1. The van der Waals surface area contributed by atoms with Crippen LogP contribution in [0, 0.1) is 0 Å². The van der Waals surface area contributed by atoms with E-state index in [9.17, 15) is 4.79 Å². The van der Waals surface area contributed by atoms with Gasteiger partial charge in [0.15, 0.2) is 5.78 Å². The number of carbonyl (C=O) groups is 1. The van der Waals surface area contributed by atoms with Gasteiger partial charge < -0.3 is 9.16 Å². The maximum Gasteiger partial charge on any atom is 0.250 e. The van der Waals surface area contributed by atoms with Crippen molar-refractivity contribution in [3.05, 3.63) is 65.2 Å². The minimum Gasteiger partial charge on any atom is -0.544 e. The van der Waals surface area contributed by atoms with E-state index in [2.05, 4.69) is 70.3 Å². The maximum atomic E-state index is 11.7. The van der Waals surface area contributed by atoms with Crippen molar-refractivity contribution in [3.63, 3.8) is 0 Å².